The molecule has 2 heterocycles. The molecule has 2 aliphatic heterocycles. The van der Waals surface area contributed by atoms with Gasteiger partial charge in [0.1, 0.15) is 6.10 Å². The highest BCUT2D eigenvalue weighted by atomic mass is 16.5. The predicted octanol–water partition coefficient (Wildman–Crippen LogP) is 2.23. The first-order valence-electron chi connectivity index (χ1n) is 7.46. The zero-order chi connectivity index (χ0) is 14.8. The first-order chi connectivity index (χ1) is 10.2. The topological polar surface area (TPSA) is 66.8 Å². The Labute approximate surface area is 123 Å². The van der Waals surface area contributed by atoms with Crippen LogP contribution in [-0.4, -0.2) is 36.2 Å². The van der Waals surface area contributed by atoms with Crippen molar-refractivity contribution in [1.82, 2.24) is 0 Å². The summed E-state index contributed by atoms with van der Waals surface area (Å²) in [5.74, 6) is -0.965. The summed E-state index contributed by atoms with van der Waals surface area (Å²) >= 11 is 0. The summed E-state index contributed by atoms with van der Waals surface area (Å²) in [7, 11) is 0. The molecule has 0 spiro atoms. The van der Waals surface area contributed by atoms with Crippen molar-refractivity contribution in [2.24, 2.45) is 0 Å². The number of hydrogen-bond donors (Lipinski definition) is 1. The van der Waals surface area contributed by atoms with Crippen LogP contribution in [0.5, 0.6) is 0 Å². The lowest BCUT2D eigenvalue weighted by Crippen LogP contribution is -2.44. The average Bonchev–Trinajstić information content (AvgIpc) is 2.53. The maximum atomic E-state index is 12.7. The molecule has 0 radical (unpaired) electrons. The smallest absolute Gasteiger partial charge is 0.336 e. The SMILES string of the molecule is O=C(O)c1cccc2c1CCCN2C(=O)C1CCCCO1. The Morgan fingerprint density at radius 1 is 1.24 bits per heavy atom. The van der Waals surface area contributed by atoms with Gasteiger partial charge in [0.15, 0.2) is 0 Å². The van der Waals surface area contributed by atoms with Crippen LogP contribution in [0.1, 0.15) is 41.6 Å². The quantitative estimate of drug-likeness (QED) is 0.906. The van der Waals surface area contributed by atoms with E-state index in [1.165, 1.54) is 0 Å². The Kier molecular flexibility index (Phi) is 3.92. The largest absolute Gasteiger partial charge is 0.478 e. The Hall–Kier alpha value is -1.88. The Morgan fingerprint density at radius 3 is 2.81 bits per heavy atom. The molecule has 21 heavy (non-hydrogen) atoms. The molecule has 1 amide bonds. The number of carbonyl (C=O) groups is 2. The number of rotatable bonds is 2. The fourth-order valence-electron chi connectivity index (χ4n) is 3.16. The lowest BCUT2D eigenvalue weighted by atomic mass is 9.95. The van der Waals surface area contributed by atoms with Crippen molar-refractivity contribution in [2.75, 3.05) is 18.1 Å². The standard InChI is InChI=1S/C16H19NO4/c18-15(14-8-1-2-10-21-14)17-9-4-6-11-12(16(19)20)5-3-7-13(11)17/h3,5,7,14H,1-2,4,6,8-10H2,(H,19,20). The lowest BCUT2D eigenvalue weighted by Gasteiger charge is -2.34. The van der Waals surface area contributed by atoms with Gasteiger partial charge < -0.3 is 14.7 Å². The molecular weight excluding hydrogens is 270 g/mol. The molecule has 112 valence electrons. The molecule has 5 nitrogen and oxygen atoms in total. The van der Waals surface area contributed by atoms with Crippen molar-refractivity contribution in [3.63, 3.8) is 0 Å². The Bertz CT molecular complexity index is 563. The van der Waals surface area contributed by atoms with Gasteiger partial charge >= 0.3 is 5.97 Å². The second kappa shape index (κ2) is 5.85. The number of nitrogens with zero attached hydrogens (tertiary/aromatic N) is 1. The average molecular weight is 289 g/mol. The van der Waals surface area contributed by atoms with Crippen LogP contribution in [0.15, 0.2) is 18.2 Å². The van der Waals surface area contributed by atoms with Crippen LogP contribution in [-0.2, 0) is 16.0 Å². The van der Waals surface area contributed by atoms with E-state index in [0.29, 0.717) is 25.1 Å². The zero-order valence-electron chi connectivity index (χ0n) is 11.9. The molecule has 0 saturated carbocycles. The Morgan fingerprint density at radius 2 is 2.10 bits per heavy atom. The van der Waals surface area contributed by atoms with Gasteiger partial charge in [0.25, 0.3) is 5.91 Å². The summed E-state index contributed by atoms with van der Waals surface area (Å²) in [6, 6.07) is 5.14. The summed E-state index contributed by atoms with van der Waals surface area (Å²) in [5.41, 5.74) is 1.80. The molecule has 0 bridgehead atoms. The molecule has 0 aliphatic carbocycles. The number of carboxylic acids is 1. The second-order valence-corrected chi connectivity index (χ2v) is 5.56. The van der Waals surface area contributed by atoms with E-state index in [4.69, 9.17) is 4.74 Å². The zero-order valence-corrected chi connectivity index (χ0v) is 11.9. The summed E-state index contributed by atoms with van der Waals surface area (Å²) in [6.45, 7) is 1.26. The minimum absolute atomic E-state index is 0.0295. The fourth-order valence-corrected chi connectivity index (χ4v) is 3.16. The number of carboxylic acid groups (broad SMARTS) is 1. The first kappa shape index (κ1) is 14.1. The van der Waals surface area contributed by atoms with E-state index in [2.05, 4.69) is 0 Å². The van der Waals surface area contributed by atoms with E-state index >= 15 is 0 Å². The van der Waals surface area contributed by atoms with Crippen LogP contribution in [0.25, 0.3) is 0 Å². The van der Waals surface area contributed by atoms with E-state index < -0.39 is 5.97 Å². The van der Waals surface area contributed by atoms with Crippen LogP contribution in [0.3, 0.4) is 0 Å². The van der Waals surface area contributed by atoms with Gasteiger partial charge in [0, 0.05) is 18.8 Å². The minimum Gasteiger partial charge on any atom is -0.478 e. The number of ether oxygens (including phenoxy) is 1. The van der Waals surface area contributed by atoms with Gasteiger partial charge in [0.05, 0.1) is 5.56 Å². The predicted molar refractivity (Wildman–Crippen MR) is 77.7 cm³/mol. The van der Waals surface area contributed by atoms with Gasteiger partial charge in [-0.15, -0.1) is 0 Å². The summed E-state index contributed by atoms with van der Waals surface area (Å²) in [6.07, 6.45) is 3.88. The molecule has 1 saturated heterocycles. The van der Waals surface area contributed by atoms with Crippen LogP contribution in [0.2, 0.25) is 0 Å². The fraction of sp³-hybridized carbons (Fsp3) is 0.500. The maximum Gasteiger partial charge on any atom is 0.336 e. The highest BCUT2D eigenvalue weighted by Crippen LogP contribution is 2.31. The van der Waals surface area contributed by atoms with E-state index in [-0.39, 0.29) is 12.0 Å². The number of benzene rings is 1. The van der Waals surface area contributed by atoms with E-state index in [1.54, 1.807) is 17.0 Å². The van der Waals surface area contributed by atoms with Crippen molar-refractivity contribution in [2.45, 2.75) is 38.2 Å². The molecular formula is C16H19NO4. The van der Waals surface area contributed by atoms with Crippen LogP contribution >= 0.6 is 0 Å². The number of carbonyl (C=O) groups excluding carboxylic acids is 1. The molecule has 1 N–H and O–H groups in total. The van der Waals surface area contributed by atoms with Crippen LogP contribution in [0, 0.1) is 0 Å². The molecule has 1 fully saturated rings. The number of hydrogen-bond acceptors (Lipinski definition) is 3. The summed E-state index contributed by atoms with van der Waals surface area (Å²) in [4.78, 5) is 25.7. The van der Waals surface area contributed by atoms with Crippen LogP contribution < -0.4 is 4.90 Å². The highest BCUT2D eigenvalue weighted by molar-refractivity contribution is 6.00. The van der Waals surface area contributed by atoms with E-state index in [1.807, 2.05) is 6.07 Å². The molecule has 0 aromatic heterocycles. The molecule has 1 aromatic carbocycles. The molecule has 5 heteroatoms. The van der Waals surface area contributed by atoms with E-state index in [9.17, 15) is 14.7 Å². The third kappa shape index (κ3) is 2.65. The molecule has 2 aliphatic rings. The van der Waals surface area contributed by atoms with Crippen molar-refractivity contribution in [3.05, 3.63) is 29.3 Å². The van der Waals surface area contributed by atoms with Gasteiger partial charge in [-0.25, -0.2) is 4.79 Å². The van der Waals surface area contributed by atoms with E-state index in [0.717, 1.165) is 36.9 Å². The van der Waals surface area contributed by atoms with Gasteiger partial charge in [-0.3, -0.25) is 4.79 Å². The van der Waals surface area contributed by atoms with Crippen molar-refractivity contribution in [1.29, 1.82) is 0 Å². The van der Waals surface area contributed by atoms with Crippen LogP contribution in [0.4, 0.5) is 5.69 Å². The number of amides is 1. The second-order valence-electron chi connectivity index (χ2n) is 5.56. The number of anilines is 1. The highest BCUT2D eigenvalue weighted by Gasteiger charge is 2.31. The van der Waals surface area contributed by atoms with Crippen molar-refractivity contribution in [3.8, 4) is 0 Å². The first-order valence-corrected chi connectivity index (χ1v) is 7.46. The van der Waals surface area contributed by atoms with Crippen molar-refractivity contribution < 1.29 is 19.4 Å². The van der Waals surface area contributed by atoms with Gasteiger partial charge in [-0.05, 0) is 49.8 Å². The minimum atomic E-state index is -0.935. The Balaban J connectivity index is 1.91. The van der Waals surface area contributed by atoms with Crippen molar-refractivity contribution >= 4 is 17.6 Å². The number of aromatic carboxylic acids is 1. The molecule has 1 atom stereocenters. The third-order valence-corrected chi connectivity index (χ3v) is 4.20. The summed E-state index contributed by atoms with van der Waals surface area (Å²) in [5, 5.41) is 9.29. The lowest BCUT2D eigenvalue weighted by molar-refractivity contribution is -0.132. The third-order valence-electron chi connectivity index (χ3n) is 4.20. The number of fused-ring (bicyclic) bond motifs is 1. The summed E-state index contributed by atoms with van der Waals surface area (Å²) < 4.78 is 5.58. The van der Waals surface area contributed by atoms with Gasteiger partial charge in [-0.2, -0.15) is 0 Å². The monoisotopic (exact) mass is 289 g/mol. The molecule has 3 rings (SSSR count). The van der Waals surface area contributed by atoms with Gasteiger partial charge in [-0.1, -0.05) is 6.07 Å². The van der Waals surface area contributed by atoms with Gasteiger partial charge in [0.2, 0.25) is 0 Å². The molecule has 1 unspecified atom stereocenters. The molecule has 1 aromatic rings. The maximum absolute atomic E-state index is 12.7. The normalized spacial score (nSPS) is 21.7.